The fraction of sp³-hybridized carbons (Fsp3) is 0.226. The second-order valence-electron chi connectivity index (χ2n) is 9.83. The number of hydrogen-bond acceptors (Lipinski definition) is 8. The van der Waals surface area contributed by atoms with Gasteiger partial charge in [-0.2, -0.15) is 0 Å². The predicted octanol–water partition coefficient (Wildman–Crippen LogP) is 5.53. The maximum absolute atomic E-state index is 9.88. The van der Waals surface area contributed by atoms with Gasteiger partial charge >= 0.3 is 0 Å². The Morgan fingerprint density at radius 3 is 2.10 bits per heavy atom. The lowest BCUT2D eigenvalue weighted by molar-refractivity contribution is 0.139. The summed E-state index contributed by atoms with van der Waals surface area (Å²) < 4.78 is 22.7. The molecule has 39 heavy (non-hydrogen) atoms. The maximum atomic E-state index is 9.88. The van der Waals surface area contributed by atoms with Crippen LogP contribution in [0.2, 0.25) is 0 Å². The molecule has 0 spiro atoms. The molecule has 200 valence electrons. The molecule has 1 unspecified atom stereocenters. The van der Waals surface area contributed by atoms with E-state index in [-0.39, 0.29) is 40.9 Å². The first kappa shape index (κ1) is 24.6. The van der Waals surface area contributed by atoms with Gasteiger partial charge in [0.25, 0.3) is 0 Å². The first-order chi connectivity index (χ1) is 18.9. The number of phenolic OH excluding ortho intramolecular Hbond substituents is 4. The molecule has 7 rings (SSSR count). The van der Waals surface area contributed by atoms with E-state index < -0.39 is 0 Å². The molecule has 3 atom stereocenters. The molecule has 8 heteroatoms. The Hall–Kier alpha value is -4.72. The predicted molar refractivity (Wildman–Crippen MR) is 143 cm³/mol. The van der Waals surface area contributed by atoms with Crippen LogP contribution in [-0.2, 0) is 6.42 Å². The van der Waals surface area contributed by atoms with Gasteiger partial charge in [-0.05, 0) is 42.3 Å². The summed E-state index contributed by atoms with van der Waals surface area (Å²) in [5.74, 6) is 3.77. The zero-order valence-electron chi connectivity index (χ0n) is 21.2. The molecule has 3 heterocycles. The molecule has 0 aliphatic carbocycles. The van der Waals surface area contributed by atoms with E-state index in [0.717, 1.165) is 40.2 Å². The van der Waals surface area contributed by atoms with Crippen molar-refractivity contribution in [2.24, 2.45) is 0 Å². The molecule has 0 saturated carbocycles. The molecule has 3 aliphatic rings. The Labute approximate surface area is 225 Å². The average molecular weight is 529 g/mol. The zero-order valence-corrected chi connectivity index (χ0v) is 21.2. The Bertz CT molecular complexity index is 1530. The third-order valence-corrected chi connectivity index (χ3v) is 7.37. The SMILES string of the molecule is COc1ccc2c(c1)O[C@H]1c3ccc(O)cc3OC[C@@H]21.Oc1ccc(C2COc3cc(O)ccc3C2)c(O)c1. The molecular weight excluding hydrogens is 500 g/mol. The third kappa shape index (κ3) is 4.69. The average Bonchev–Trinajstić information content (AvgIpc) is 3.31. The summed E-state index contributed by atoms with van der Waals surface area (Å²) in [5, 5.41) is 38.1. The van der Waals surface area contributed by atoms with Gasteiger partial charge in [-0.25, -0.2) is 0 Å². The summed E-state index contributed by atoms with van der Waals surface area (Å²) in [4.78, 5) is 0. The van der Waals surface area contributed by atoms with Crippen LogP contribution in [0.4, 0.5) is 0 Å². The van der Waals surface area contributed by atoms with Crippen molar-refractivity contribution < 1.29 is 39.4 Å². The molecule has 0 bridgehead atoms. The normalized spacial score (nSPS) is 19.9. The number of ether oxygens (including phenoxy) is 4. The lowest BCUT2D eigenvalue weighted by Gasteiger charge is -2.27. The molecule has 0 fully saturated rings. The highest BCUT2D eigenvalue weighted by atomic mass is 16.5. The van der Waals surface area contributed by atoms with Gasteiger partial charge in [0.2, 0.25) is 0 Å². The van der Waals surface area contributed by atoms with Gasteiger partial charge in [-0.3, -0.25) is 0 Å². The molecule has 3 aliphatic heterocycles. The highest BCUT2D eigenvalue weighted by Crippen LogP contribution is 2.52. The minimum absolute atomic E-state index is 0.0395. The molecule has 4 aromatic rings. The number of methoxy groups -OCH3 is 1. The topological polar surface area (TPSA) is 118 Å². The van der Waals surface area contributed by atoms with Gasteiger partial charge < -0.3 is 39.4 Å². The highest BCUT2D eigenvalue weighted by molar-refractivity contribution is 5.52. The molecule has 4 N–H and O–H groups in total. The largest absolute Gasteiger partial charge is 0.508 e. The Morgan fingerprint density at radius 2 is 1.33 bits per heavy atom. The van der Waals surface area contributed by atoms with E-state index in [0.29, 0.717) is 24.7 Å². The monoisotopic (exact) mass is 528 g/mol. The van der Waals surface area contributed by atoms with E-state index in [1.165, 1.54) is 6.07 Å². The van der Waals surface area contributed by atoms with Crippen molar-refractivity contribution in [3.63, 3.8) is 0 Å². The highest BCUT2D eigenvalue weighted by Gasteiger charge is 2.40. The lowest BCUT2D eigenvalue weighted by Crippen LogP contribution is -2.22. The number of phenols is 4. The van der Waals surface area contributed by atoms with E-state index in [2.05, 4.69) is 0 Å². The van der Waals surface area contributed by atoms with Crippen molar-refractivity contribution in [3.8, 4) is 46.0 Å². The molecule has 0 radical (unpaired) electrons. The maximum Gasteiger partial charge on any atom is 0.138 e. The molecule has 4 aromatic carbocycles. The summed E-state index contributed by atoms with van der Waals surface area (Å²) in [6.45, 7) is 0.995. The van der Waals surface area contributed by atoms with Gasteiger partial charge in [0, 0.05) is 46.9 Å². The van der Waals surface area contributed by atoms with Crippen LogP contribution in [0.1, 0.15) is 40.2 Å². The van der Waals surface area contributed by atoms with Crippen LogP contribution < -0.4 is 18.9 Å². The number of fused-ring (bicyclic) bond motifs is 6. The van der Waals surface area contributed by atoms with Gasteiger partial charge in [-0.1, -0.05) is 18.2 Å². The summed E-state index contributed by atoms with van der Waals surface area (Å²) in [6, 6.07) is 20.7. The Morgan fingerprint density at radius 1 is 0.667 bits per heavy atom. The van der Waals surface area contributed by atoms with E-state index in [4.69, 9.17) is 18.9 Å². The molecule has 8 nitrogen and oxygen atoms in total. The van der Waals surface area contributed by atoms with Gasteiger partial charge in [-0.15, -0.1) is 0 Å². The van der Waals surface area contributed by atoms with Crippen LogP contribution >= 0.6 is 0 Å². The van der Waals surface area contributed by atoms with Crippen LogP contribution in [0, 0.1) is 0 Å². The molecule has 0 aromatic heterocycles. The quantitative estimate of drug-likeness (QED) is 0.268. The Balaban J connectivity index is 0.000000142. The van der Waals surface area contributed by atoms with Gasteiger partial charge in [0.1, 0.15) is 52.1 Å². The third-order valence-electron chi connectivity index (χ3n) is 7.37. The van der Waals surface area contributed by atoms with E-state index in [1.54, 1.807) is 43.5 Å². The minimum atomic E-state index is -0.0542. The number of benzene rings is 4. The summed E-state index contributed by atoms with van der Waals surface area (Å²) in [5.41, 5.74) is 3.89. The smallest absolute Gasteiger partial charge is 0.138 e. The fourth-order valence-electron chi connectivity index (χ4n) is 5.39. The van der Waals surface area contributed by atoms with Crippen LogP contribution in [0.5, 0.6) is 46.0 Å². The second kappa shape index (κ2) is 9.87. The first-order valence-corrected chi connectivity index (χ1v) is 12.7. The Kier molecular flexibility index (Phi) is 6.23. The fourth-order valence-corrected chi connectivity index (χ4v) is 5.39. The lowest BCUT2D eigenvalue weighted by atomic mass is 9.89. The second-order valence-corrected chi connectivity index (χ2v) is 9.83. The zero-order chi connectivity index (χ0) is 27.1. The van der Waals surface area contributed by atoms with Crippen molar-refractivity contribution in [3.05, 3.63) is 95.1 Å². The first-order valence-electron chi connectivity index (χ1n) is 12.7. The van der Waals surface area contributed by atoms with E-state index >= 15 is 0 Å². The molecule has 0 saturated heterocycles. The van der Waals surface area contributed by atoms with Crippen molar-refractivity contribution >= 4 is 0 Å². The van der Waals surface area contributed by atoms with Crippen molar-refractivity contribution in [1.29, 1.82) is 0 Å². The van der Waals surface area contributed by atoms with Crippen molar-refractivity contribution in [1.82, 2.24) is 0 Å². The van der Waals surface area contributed by atoms with Crippen molar-refractivity contribution in [2.45, 2.75) is 24.4 Å². The van der Waals surface area contributed by atoms with Gasteiger partial charge in [0.15, 0.2) is 0 Å². The van der Waals surface area contributed by atoms with Crippen LogP contribution in [0.25, 0.3) is 0 Å². The standard InChI is InChI=1S/C16H14O4.C15H14O4/c1-18-10-3-5-11-13-8-19-14-6-9(17)2-4-12(14)16(13)20-15(11)7-10;16-11-3-4-13(14(18)6-11)10-5-9-1-2-12(17)7-15(9)19-8-10/h2-7,13,16-17H,8H2,1H3;1-4,6-7,10,16-18H,5,8H2/t13-,16-;/m0./s1. The van der Waals surface area contributed by atoms with Crippen LogP contribution in [-0.4, -0.2) is 40.7 Å². The minimum Gasteiger partial charge on any atom is -0.508 e. The molecule has 0 amide bonds. The number of aromatic hydroxyl groups is 4. The van der Waals surface area contributed by atoms with Crippen LogP contribution in [0.15, 0.2) is 72.8 Å². The van der Waals surface area contributed by atoms with Gasteiger partial charge in [0.05, 0.1) is 26.2 Å². The van der Waals surface area contributed by atoms with E-state index in [1.807, 2.05) is 30.3 Å². The number of rotatable bonds is 2. The van der Waals surface area contributed by atoms with Crippen LogP contribution in [0.3, 0.4) is 0 Å². The van der Waals surface area contributed by atoms with E-state index in [9.17, 15) is 20.4 Å². The summed E-state index contributed by atoms with van der Waals surface area (Å²) in [7, 11) is 1.64. The molecular formula is C31H28O8. The van der Waals surface area contributed by atoms with Crippen molar-refractivity contribution in [2.75, 3.05) is 20.3 Å². The summed E-state index contributed by atoms with van der Waals surface area (Å²) in [6.07, 6.45) is 0.676. The number of hydrogen-bond donors (Lipinski definition) is 4. The summed E-state index contributed by atoms with van der Waals surface area (Å²) >= 11 is 0.